The Bertz CT molecular complexity index is 158. The first kappa shape index (κ1) is 8.52. The summed E-state index contributed by atoms with van der Waals surface area (Å²) < 4.78 is 0. The second-order valence-corrected chi connectivity index (χ2v) is 4.15. The third kappa shape index (κ3) is 1.50. The molecule has 2 nitrogen and oxygen atoms in total. The second-order valence-electron chi connectivity index (χ2n) is 4.15. The van der Waals surface area contributed by atoms with Gasteiger partial charge < -0.3 is 10.2 Å². The van der Waals surface area contributed by atoms with Gasteiger partial charge in [-0.25, -0.2) is 0 Å². The molecule has 0 amide bonds. The van der Waals surface area contributed by atoms with Gasteiger partial charge >= 0.3 is 0 Å². The van der Waals surface area contributed by atoms with Gasteiger partial charge in [0.15, 0.2) is 0 Å². The lowest BCUT2D eigenvalue weighted by atomic mass is 9.88. The largest absolute Gasteiger partial charge is 0.393 e. The minimum absolute atomic E-state index is 0.102. The van der Waals surface area contributed by atoms with Crippen molar-refractivity contribution in [1.29, 1.82) is 0 Å². The average Bonchev–Trinajstić information content (AvgIpc) is 2.58. The lowest BCUT2D eigenvalue weighted by Crippen LogP contribution is -2.19. The quantitative estimate of drug-likeness (QED) is 0.620. The minimum Gasteiger partial charge on any atom is -0.393 e. The maximum Gasteiger partial charge on any atom is 0.0605 e. The lowest BCUT2D eigenvalue weighted by Gasteiger charge is -2.20. The fraction of sp³-hybridized carbons (Fsp3) is 0.900. The van der Waals surface area contributed by atoms with Crippen LogP contribution in [0.3, 0.4) is 0 Å². The van der Waals surface area contributed by atoms with Crippen molar-refractivity contribution >= 4 is 0 Å². The second kappa shape index (κ2) is 3.35. The van der Waals surface area contributed by atoms with Gasteiger partial charge in [-0.2, -0.15) is 0 Å². The highest BCUT2D eigenvalue weighted by atomic mass is 16.3. The SMILES string of the molecule is OC1CCC([C]2CCCC2O)C1. The molecule has 2 N–H and O–H groups in total. The average molecular weight is 169 g/mol. The molecule has 2 aliphatic carbocycles. The van der Waals surface area contributed by atoms with Gasteiger partial charge in [0.25, 0.3) is 0 Å². The van der Waals surface area contributed by atoms with E-state index >= 15 is 0 Å². The van der Waals surface area contributed by atoms with Gasteiger partial charge in [0.05, 0.1) is 12.2 Å². The molecule has 0 aromatic carbocycles. The van der Waals surface area contributed by atoms with Crippen molar-refractivity contribution in [2.45, 2.75) is 50.7 Å². The Morgan fingerprint density at radius 2 is 1.92 bits per heavy atom. The van der Waals surface area contributed by atoms with Crippen LogP contribution in [0.15, 0.2) is 0 Å². The summed E-state index contributed by atoms with van der Waals surface area (Å²) in [5.74, 6) is 1.85. The number of hydrogen-bond acceptors (Lipinski definition) is 2. The van der Waals surface area contributed by atoms with Gasteiger partial charge in [-0.1, -0.05) is 6.42 Å². The molecule has 2 aliphatic rings. The molecule has 2 saturated carbocycles. The van der Waals surface area contributed by atoms with Crippen molar-refractivity contribution in [2.75, 3.05) is 0 Å². The Kier molecular flexibility index (Phi) is 2.37. The molecule has 2 heteroatoms. The Balaban J connectivity index is 1.91. The molecule has 0 aromatic rings. The van der Waals surface area contributed by atoms with Crippen LogP contribution in [0.5, 0.6) is 0 Å². The molecule has 0 bridgehead atoms. The van der Waals surface area contributed by atoms with E-state index in [1.165, 1.54) is 5.92 Å². The lowest BCUT2D eigenvalue weighted by molar-refractivity contribution is 0.161. The zero-order valence-electron chi connectivity index (χ0n) is 7.37. The van der Waals surface area contributed by atoms with Gasteiger partial charge in [-0.3, -0.25) is 0 Å². The first-order chi connectivity index (χ1) is 5.77. The molecule has 2 rings (SSSR count). The molecule has 1 radical (unpaired) electrons. The van der Waals surface area contributed by atoms with E-state index in [4.69, 9.17) is 0 Å². The zero-order chi connectivity index (χ0) is 8.55. The van der Waals surface area contributed by atoms with Gasteiger partial charge in [0.2, 0.25) is 0 Å². The normalized spacial score (nSPS) is 44.0. The summed E-state index contributed by atoms with van der Waals surface area (Å²) in [5, 5.41) is 19.0. The van der Waals surface area contributed by atoms with Crippen molar-refractivity contribution in [3.63, 3.8) is 0 Å². The molecule has 0 saturated heterocycles. The summed E-state index contributed by atoms with van der Waals surface area (Å²) in [4.78, 5) is 0. The molecule has 69 valence electrons. The summed E-state index contributed by atoms with van der Waals surface area (Å²) >= 11 is 0. The van der Waals surface area contributed by atoms with Crippen LogP contribution in [-0.4, -0.2) is 22.4 Å². The van der Waals surface area contributed by atoms with Crippen LogP contribution >= 0.6 is 0 Å². The van der Waals surface area contributed by atoms with Crippen LogP contribution in [0.4, 0.5) is 0 Å². The van der Waals surface area contributed by atoms with Crippen molar-refractivity contribution in [3.8, 4) is 0 Å². The molecular formula is C10H17O2. The maximum atomic E-state index is 9.62. The molecular weight excluding hydrogens is 152 g/mol. The Hall–Kier alpha value is -0.0800. The number of aliphatic hydroxyl groups is 2. The van der Waals surface area contributed by atoms with Crippen molar-refractivity contribution in [1.82, 2.24) is 0 Å². The highest BCUT2D eigenvalue weighted by molar-refractivity contribution is 5.08. The van der Waals surface area contributed by atoms with Crippen molar-refractivity contribution in [2.24, 2.45) is 5.92 Å². The highest BCUT2D eigenvalue weighted by Crippen LogP contribution is 2.42. The van der Waals surface area contributed by atoms with E-state index in [9.17, 15) is 10.2 Å². The number of hydrogen-bond donors (Lipinski definition) is 2. The zero-order valence-corrected chi connectivity index (χ0v) is 7.37. The summed E-state index contributed by atoms with van der Waals surface area (Å²) in [6, 6.07) is 0. The van der Waals surface area contributed by atoms with E-state index in [0.29, 0.717) is 5.92 Å². The third-order valence-electron chi connectivity index (χ3n) is 3.30. The highest BCUT2D eigenvalue weighted by Gasteiger charge is 2.36. The monoisotopic (exact) mass is 169 g/mol. The standard InChI is InChI=1S/C10H17O2/c11-8-5-4-7(6-8)9-2-1-3-10(9)12/h7-8,10-12H,1-6H2. The fourth-order valence-electron chi connectivity index (χ4n) is 2.62. The number of rotatable bonds is 1. The van der Waals surface area contributed by atoms with Crippen LogP contribution < -0.4 is 0 Å². The molecule has 0 heterocycles. The smallest absolute Gasteiger partial charge is 0.0605 e. The fourth-order valence-corrected chi connectivity index (χ4v) is 2.62. The van der Waals surface area contributed by atoms with E-state index in [0.717, 1.165) is 38.5 Å². The third-order valence-corrected chi connectivity index (χ3v) is 3.30. The van der Waals surface area contributed by atoms with Crippen LogP contribution in [0.2, 0.25) is 0 Å². The van der Waals surface area contributed by atoms with Gasteiger partial charge in [-0.15, -0.1) is 0 Å². The van der Waals surface area contributed by atoms with E-state index in [-0.39, 0.29) is 12.2 Å². The van der Waals surface area contributed by atoms with E-state index in [1.54, 1.807) is 0 Å². The van der Waals surface area contributed by atoms with Crippen LogP contribution in [-0.2, 0) is 0 Å². The summed E-state index contributed by atoms with van der Waals surface area (Å²) in [6.45, 7) is 0. The van der Waals surface area contributed by atoms with Crippen LogP contribution in [0, 0.1) is 11.8 Å². The van der Waals surface area contributed by atoms with E-state index < -0.39 is 0 Å². The van der Waals surface area contributed by atoms with Crippen LogP contribution in [0.25, 0.3) is 0 Å². The molecule has 0 aromatic heterocycles. The molecule has 0 aliphatic heterocycles. The van der Waals surface area contributed by atoms with Crippen molar-refractivity contribution in [3.05, 3.63) is 5.92 Å². The first-order valence-electron chi connectivity index (χ1n) is 4.99. The number of aliphatic hydroxyl groups excluding tert-OH is 2. The Morgan fingerprint density at radius 1 is 1.08 bits per heavy atom. The molecule has 3 unspecified atom stereocenters. The Morgan fingerprint density at radius 3 is 2.42 bits per heavy atom. The predicted molar refractivity (Wildman–Crippen MR) is 46.4 cm³/mol. The summed E-state index contributed by atoms with van der Waals surface area (Å²) in [7, 11) is 0. The van der Waals surface area contributed by atoms with Crippen molar-refractivity contribution < 1.29 is 10.2 Å². The molecule has 2 fully saturated rings. The minimum atomic E-state index is -0.153. The first-order valence-corrected chi connectivity index (χ1v) is 4.99. The van der Waals surface area contributed by atoms with Gasteiger partial charge in [-0.05, 0) is 38.0 Å². The summed E-state index contributed by atoms with van der Waals surface area (Å²) in [6.07, 6.45) is 5.85. The van der Waals surface area contributed by atoms with E-state index in [1.807, 2.05) is 0 Å². The van der Waals surface area contributed by atoms with E-state index in [2.05, 4.69) is 0 Å². The predicted octanol–water partition coefficient (Wildman–Crippen LogP) is 1.27. The molecule has 3 atom stereocenters. The van der Waals surface area contributed by atoms with Gasteiger partial charge in [0.1, 0.15) is 0 Å². The van der Waals surface area contributed by atoms with Gasteiger partial charge in [0, 0.05) is 5.92 Å². The molecule has 12 heavy (non-hydrogen) atoms. The Labute approximate surface area is 73.6 Å². The summed E-state index contributed by atoms with van der Waals surface area (Å²) in [5.41, 5.74) is 0. The topological polar surface area (TPSA) is 40.5 Å². The molecule has 0 spiro atoms. The maximum absolute atomic E-state index is 9.62. The van der Waals surface area contributed by atoms with Crippen LogP contribution in [0.1, 0.15) is 38.5 Å².